The van der Waals surface area contributed by atoms with Crippen molar-refractivity contribution >= 4 is 12.1 Å². The second-order valence-electron chi connectivity index (χ2n) is 5.99. The van der Waals surface area contributed by atoms with Gasteiger partial charge in [0.05, 0.1) is 6.61 Å². The van der Waals surface area contributed by atoms with Gasteiger partial charge in [-0.15, -0.1) is 0 Å². The second-order valence-corrected chi connectivity index (χ2v) is 5.99. The maximum atomic E-state index is 12.1. The first-order valence-electron chi connectivity index (χ1n) is 6.97. The second kappa shape index (κ2) is 6.26. The molecule has 0 atom stereocenters. The lowest BCUT2D eigenvalue weighted by Crippen LogP contribution is -2.57. The van der Waals surface area contributed by atoms with Gasteiger partial charge in [0.15, 0.2) is 0 Å². The molecule has 0 aromatic heterocycles. The summed E-state index contributed by atoms with van der Waals surface area (Å²) in [6, 6.07) is 0. The van der Waals surface area contributed by atoms with Crippen LogP contribution < -0.4 is 5.32 Å². The standard InChI is InChI=1S/C14H25NO4/c1-5-18-11(16)14(9-7-6-8-10-14)15-12(17)19-13(2,3)4/h5-10H2,1-4H3,(H,15,17). The van der Waals surface area contributed by atoms with E-state index >= 15 is 0 Å². The molecule has 0 radical (unpaired) electrons. The molecule has 0 unspecified atom stereocenters. The quantitative estimate of drug-likeness (QED) is 0.802. The van der Waals surface area contributed by atoms with Crippen molar-refractivity contribution in [3.05, 3.63) is 0 Å². The van der Waals surface area contributed by atoms with Gasteiger partial charge in [-0.05, 0) is 40.5 Å². The summed E-state index contributed by atoms with van der Waals surface area (Å²) < 4.78 is 10.3. The molecular formula is C14H25NO4. The van der Waals surface area contributed by atoms with Gasteiger partial charge in [0, 0.05) is 0 Å². The molecule has 1 N–H and O–H groups in total. The first-order valence-corrected chi connectivity index (χ1v) is 6.97. The van der Waals surface area contributed by atoms with Crippen LogP contribution in [-0.4, -0.2) is 29.8 Å². The zero-order chi connectivity index (χ0) is 14.5. The smallest absolute Gasteiger partial charge is 0.408 e. The number of rotatable bonds is 3. The Morgan fingerprint density at radius 3 is 2.21 bits per heavy atom. The average Bonchev–Trinajstić information content (AvgIpc) is 2.27. The maximum absolute atomic E-state index is 12.1. The van der Waals surface area contributed by atoms with E-state index in [4.69, 9.17) is 9.47 Å². The van der Waals surface area contributed by atoms with E-state index in [1.165, 1.54) is 0 Å². The zero-order valence-electron chi connectivity index (χ0n) is 12.4. The van der Waals surface area contributed by atoms with Gasteiger partial charge in [0.1, 0.15) is 11.1 Å². The molecule has 19 heavy (non-hydrogen) atoms. The number of esters is 1. The number of carbonyl (C=O) groups excluding carboxylic acids is 2. The highest BCUT2D eigenvalue weighted by Crippen LogP contribution is 2.30. The summed E-state index contributed by atoms with van der Waals surface area (Å²) in [7, 11) is 0. The number of ether oxygens (including phenoxy) is 2. The maximum Gasteiger partial charge on any atom is 0.408 e. The van der Waals surface area contributed by atoms with Crippen LogP contribution in [0.5, 0.6) is 0 Å². The largest absolute Gasteiger partial charge is 0.464 e. The Morgan fingerprint density at radius 2 is 1.74 bits per heavy atom. The molecule has 5 heteroatoms. The molecule has 1 rings (SSSR count). The van der Waals surface area contributed by atoms with Gasteiger partial charge in [-0.3, -0.25) is 0 Å². The summed E-state index contributed by atoms with van der Waals surface area (Å²) in [4.78, 5) is 24.0. The summed E-state index contributed by atoms with van der Waals surface area (Å²) in [6.45, 7) is 7.47. The molecule has 110 valence electrons. The molecule has 0 bridgehead atoms. The van der Waals surface area contributed by atoms with E-state index in [0.29, 0.717) is 19.4 Å². The van der Waals surface area contributed by atoms with Crippen molar-refractivity contribution in [1.29, 1.82) is 0 Å². The number of amides is 1. The van der Waals surface area contributed by atoms with Crippen molar-refractivity contribution < 1.29 is 19.1 Å². The predicted octanol–water partition coefficient (Wildman–Crippen LogP) is 2.78. The van der Waals surface area contributed by atoms with Gasteiger partial charge in [-0.1, -0.05) is 19.3 Å². The van der Waals surface area contributed by atoms with Crippen molar-refractivity contribution in [2.24, 2.45) is 0 Å². The van der Waals surface area contributed by atoms with Crippen LogP contribution in [0.1, 0.15) is 59.8 Å². The topological polar surface area (TPSA) is 64.6 Å². The van der Waals surface area contributed by atoms with Crippen molar-refractivity contribution in [2.75, 3.05) is 6.61 Å². The summed E-state index contributed by atoms with van der Waals surface area (Å²) in [5.41, 5.74) is -1.48. The van der Waals surface area contributed by atoms with Crippen LogP contribution in [0.25, 0.3) is 0 Å². The van der Waals surface area contributed by atoms with E-state index in [2.05, 4.69) is 5.32 Å². The Bertz CT molecular complexity index is 327. The first-order chi connectivity index (χ1) is 8.79. The minimum Gasteiger partial charge on any atom is -0.464 e. The first kappa shape index (κ1) is 15.8. The van der Waals surface area contributed by atoms with Gasteiger partial charge >= 0.3 is 12.1 Å². The van der Waals surface area contributed by atoms with Gasteiger partial charge < -0.3 is 14.8 Å². The highest BCUT2D eigenvalue weighted by molar-refractivity contribution is 5.86. The molecular weight excluding hydrogens is 246 g/mol. The Kier molecular flexibility index (Phi) is 5.20. The Hall–Kier alpha value is -1.26. The van der Waals surface area contributed by atoms with Crippen LogP contribution in [0, 0.1) is 0 Å². The lowest BCUT2D eigenvalue weighted by atomic mass is 9.82. The molecule has 1 saturated carbocycles. The number of hydrogen-bond donors (Lipinski definition) is 1. The molecule has 0 aliphatic heterocycles. The predicted molar refractivity (Wildman–Crippen MR) is 71.8 cm³/mol. The van der Waals surface area contributed by atoms with Crippen molar-refractivity contribution in [1.82, 2.24) is 5.32 Å². The fourth-order valence-electron chi connectivity index (χ4n) is 2.30. The molecule has 0 heterocycles. The van der Waals surface area contributed by atoms with Crippen molar-refractivity contribution in [2.45, 2.75) is 70.9 Å². The Morgan fingerprint density at radius 1 is 1.16 bits per heavy atom. The highest BCUT2D eigenvalue weighted by atomic mass is 16.6. The minimum absolute atomic E-state index is 0.316. The third kappa shape index (κ3) is 4.73. The minimum atomic E-state index is -0.906. The van der Waals surface area contributed by atoms with Crippen LogP contribution in [0.4, 0.5) is 4.79 Å². The van der Waals surface area contributed by atoms with E-state index < -0.39 is 17.2 Å². The van der Waals surface area contributed by atoms with Gasteiger partial charge in [-0.25, -0.2) is 9.59 Å². The van der Waals surface area contributed by atoms with E-state index in [-0.39, 0.29) is 5.97 Å². The summed E-state index contributed by atoms with van der Waals surface area (Å²) in [5, 5.41) is 2.74. The molecule has 0 aromatic rings. The molecule has 0 spiro atoms. The molecule has 1 fully saturated rings. The van der Waals surface area contributed by atoms with Crippen LogP contribution >= 0.6 is 0 Å². The van der Waals surface area contributed by atoms with Gasteiger partial charge in [-0.2, -0.15) is 0 Å². The SMILES string of the molecule is CCOC(=O)C1(NC(=O)OC(C)(C)C)CCCCC1. The summed E-state index contributed by atoms with van der Waals surface area (Å²) in [5.74, 6) is -0.347. The van der Waals surface area contributed by atoms with Crippen LogP contribution in [-0.2, 0) is 14.3 Å². The summed E-state index contributed by atoms with van der Waals surface area (Å²) in [6.07, 6.45) is 3.58. The van der Waals surface area contributed by atoms with Gasteiger partial charge in [0.25, 0.3) is 0 Å². The Balaban J connectivity index is 2.74. The third-order valence-electron chi connectivity index (χ3n) is 3.11. The number of alkyl carbamates (subject to hydrolysis) is 1. The molecule has 1 amide bonds. The molecule has 1 aliphatic carbocycles. The van der Waals surface area contributed by atoms with E-state index in [1.807, 2.05) is 0 Å². The lowest BCUT2D eigenvalue weighted by Gasteiger charge is -2.36. The van der Waals surface area contributed by atoms with Crippen molar-refractivity contribution in [3.63, 3.8) is 0 Å². The number of nitrogens with one attached hydrogen (secondary N) is 1. The molecule has 0 aromatic carbocycles. The van der Waals surface area contributed by atoms with Crippen molar-refractivity contribution in [3.8, 4) is 0 Å². The van der Waals surface area contributed by atoms with E-state index in [1.54, 1.807) is 27.7 Å². The Labute approximate surface area is 115 Å². The fraction of sp³-hybridized carbons (Fsp3) is 0.857. The molecule has 1 aliphatic rings. The molecule has 5 nitrogen and oxygen atoms in total. The zero-order valence-corrected chi connectivity index (χ0v) is 12.4. The monoisotopic (exact) mass is 271 g/mol. The highest BCUT2D eigenvalue weighted by Gasteiger charge is 2.43. The summed E-state index contributed by atoms with van der Waals surface area (Å²) >= 11 is 0. The van der Waals surface area contributed by atoms with E-state index in [0.717, 1.165) is 19.3 Å². The van der Waals surface area contributed by atoms with Crippen LogP contribution in [0.3, 0.4) is 0 Å². The number of carbonyl (C=O) groups is 2. The van der Waals surface area contributed by atoms with E-state index in [9.17, 15) is 9.59 Å². The van der Waals surface area contributed by atoms with Crippen LogP contribution in [0.15, 0.2) is 0 Å². The molecule has 0 saturated heterocycles. The third-order valence-corrected chi connectivity index (χ3v) is 3.11. The van der Waals surface area contributed by atoms with Gasteiger partial charge in [0.2, 0.25) is 0 Å². The fourth-order valence-corrected chi connectivity index (χ4v) is 2.30. The van der Waals surface area contributed by atoms with Crippen LogP contribution in [0.2, 0.25) is 0 Å². The average molecular weight is 271 g/mol. The normalized spacial score (nSPS) is 18.5. The lowest BCUT2D eigenvalue weighted by molar-refractivity contribution is -0.152. The number of hydrogen-bond acceptors (Lipinski definition) is 4.